The lowest BCUT2D eigenvalue weighted by molar-refractivity contribution is -0.136. The number of methoxy groups -OCH3 is 1. The van der Waals surface area contributed by atoms with E-state index in [2.05, 4.69) is 32.8 Å². The van der Waals surface area contributed by atoms with Gasteiger partial charge >= 0.3 is 5.97 Å². The van der Waals surface area contributed by atoms with Crippen LogP contribution in [0, 0.1) is 0 Å². The Morgan fingerprint density at radius 3 is 2.56 bits per heavy atom. The fraction of sp³-hybridized carbons (Fsp3) is 0.233. The van der Waals surface area contributed by atoms with E-state index < -0.39 is 5.97 Å². The van der Waals surface area contributed by atoms with Gasteiger partial charge in [0.1, 0.15) is 11.5 Å². The summed E-state index contributed by atoms with van der Waals surface area (Å²) >= 11 is 0. The molecular weight excluding hydrogens is 496 g/mol. The number of hydrogen-bond acceptors (Lipinski definition) is 7. The van der Waals surface area contributed by atoms with Crippen LogP contribution in [0.4, 0.5) is 0 Å². The summed E-state index contributed by atoms with van der Waals surface area (Å²) in [4.78, 5) is 24.5. The molecule has 0 saturated carbocycles. The number of aryl methyl sites for hydroxylation is 1. The second kappa shape index (κ2) is 13.7. The molecule has 0 bridgehead atoms. The molecule has 9 nitrogen and oxygen atoms in total. The number of carboxylic acid groups (broad SMARTS) is 1. The van der Waals surface area contributed by atoms with Crippen molar-refractivity contribution in [1.29, 1.82) is 0 Å². The van der Waals surface area contributed by atoms with Crippen molar-refractivity contribution in [2.45, 2.75) is 32.1 Å². The Labute approximate surface area is 226 Å². The van der Waals surface area contributed by atoms with E-state index in [1.165, 1.54) is 0 Å². The predicted octanol–water partition coefficient (Wildman–Crippen LogP) is 5.39. The monoisotopic (exact) mass is 526 g/mol. The van der Waals surface area contributed by atoms with Gasteiger partial charge < -0.3 is 14.6 Å². The smallest absolute Gasteiger partial charge is 0.303 e. The molecule has 9 heteroatoms. The molecule has 2 N–H and O–H groups in total. The van der Waals surface area contributed by atoms with E-state index in [4.69, 9.17) is 9.47 Å². The minimum Gasteiger partial charge on any atom is -0.497 e. The van der Waals surface area contributed by atoms with E-state index in [1.54, 1.807) is 49.6 Å². The molecule has 0 aliphatic carbocycles. The number of aromatic nitrogens is 4. The van der Waals surface area contributed by atoms with Crippen molar-refractivity contribution in [3.8, 4) is 22.9 Å². The standard InChI is InChI=1S/C30H30N4O5/c1-38-26-14-10-21(11-15-26)7-4-2-3-5-18-39-27-16-12-24(19-22(27)13-17-28(35)36)29(37)23-8-6-9-25(20-23)30-31-33-34-32-30/h4,6-12,14-16,19-20H,2-3,5,13,17-18H2,1H3,(H,35,36)(H,31,32,33,34)/b7-4+. The second-order valence-corrected chi connectivity index (χ2v) is 8.88. The van der Waals surface area contributed by atoms with Gasteiger partial charge in [0, 0.05) is 23.1 Å². The Morgan fingerprint density at radius 1 is 1.00 bits per heavy atom. The minimum absolute atomic E-state index is 0.0581. The third kappa shape index (κ3) is 7.85. The molecule has 3 aromatic carbocycles. The molecule has 1 aromatic heterocycles. The maximum absolute atomic E-state index is 13.2. The number of carboxylic acids is 1. The summed E-state index contributed by atoms with van der Waals surface area (Å²) < 4.78 is 11.2. The van der Waals surface area contributed by atoms with Crippen LogP contribution in [0.3, 0.4) is 0 Å². The summed E-state index contributed by atoms with van der Waals surface area (Å²) in [5, 5.41) is 23.1. The Bertz CT molecular complexity index is 1420. The molecular formula is C30H30N4O5. The van der Waals surface area contributed by atoms with Crippen molar-refractivity contribution < 1.29 is 24.2 Å². The topological polar surface area (TPSA) is 127 Å². The molecule has 0 spiro atoms. The number of hydrogen-bond donors (Lipinski definition) is 2. The van der Waals surface area contributed by atoms with Crippen molar-refractivity contribution in [2.75, 3.05) is 13.7 Å². The van der Waals surface area contributed by atoms with Gasteiger partial charge in [-0.05, 0) is 78.4 Å². The van der Waals surface area contributed by atoms with Crippen molar-refractivity contribution in [3.05, 3.63) is 95.1 Å². The van der Waals surface area contributed by atoms with E-state index in [1.807, 2.05) is 24.3 Å². The summed E-state index contributed by atoms with van der Waals surface area (Å²) in [6, 6.07) is 20.0. The second-order valence-electron chi connectivity index (χ2n) is 8.88. The highest BCUT2D eigenvalue weighted by molar-refractivity contribution is 6.09. The molecule has 1 heterocycles. The summed E-state index contributed by atoms with van der Waals surface area (Å²) in [5.41, 5.74) is 3.40. The van der Waals surface area contributed by atoms with Crippen molar-refractivity contribution in [3.63, 3.8) is 0 Å². The summed E-state index contributed by atoms with van der Waals surface area (Å²) in [7, 11) is 1.65. The van der Waals surface area contributed by atoms with Crippen molar-refractivity contribution in [2.24, 2.45) is 0 Å². The number of aromatic amines is 1. The van der Waals surface area contributed by atoms with E-state index in [0.717, 1.165) is 30.6 Å². The summed E-state index contributed by atoms with van der Waals surface area (Å²) in [6.45, 7) is 0.497. The van der Waals surface area contributed by atoms with Crippen LogP contribution in [0.25, 0.3) is 17.5 Å². The van der Waals surface area contributed by atoms with E-state index in [-0.39, 0.29) is 18.6 Å². The lowest BCUT2D eigenvalue weighted by Crippen LogP contribution is -2.07. The number of nitrogens with one attached hydrogen (secondary N) is 1. The summed E-state index contributed by atoms with van der Waals surface area (Å²) in [6.07, 6.45) is 7.12. The van der Waals surface area contributed by atoms with Gasteiger partial charge in [0.15, 0.2) is 5.78 Å². The Kier molecular flexibility index (Phi) is 9.55. The predicted molar refractivity (Wildman–Crippen MR) is 147 cm³/mol. The average Bonchev–Trinajstić information content (AvgIpc) is 3.51. The number of rotatable bonds is 14. The van der Waals surface area contributed by atoms with Gasteiger partial charge in [-0.3, -0.25) is 9.59 Å². The SMILES string of the molecule is COc1ccc(/C=C/CCCCOc2ccc(C(=O)c3cccc(-c4nn[nH]n4)c3)cc2CCC(=O)O)cc1. The molecule has 0 atom stereocenters. The van der Waals surface area contributed by atoms with Crippen LogP contribution in [0.15, 0.2) is 72.8 Å². The molecule has 0 amide bonds. The fourth-order valence-electron chi connectivity index (χ4n) is 4.03. The van der Waals surface area contributed by atoms with Crippen molar-refractivity contribution >= 4 is 17.8 Å². The molecule has 4 aromatic rings. The number of tetrazole rings is 1. The molecule has 0 fully saturated rings. The molecule has 0 unspecified atom stereocenters. The number of benzene rings is 3. The zero-order valence-corrected chi connectivity index (χ0v) is 21.7. The van der Waals surface area contributed by atoms with Gasteiger partial charge in [0.25, 0.3) is 0 Å². The molecule has 0 aliphatic heterocycles. The van der Waals surface area contributed by atoms with Crippen LogP contribution in [-0.2, 0) is 11.2 Å². The number of ketones is 1. The normalized spacial score (nSPS) is 11.0. The Morgan fingerprint density at radius 2 is 1.82 bits per heavy atom. The van der Waals surface area contributed by atoms with Crippen LogP contribution in [-0.4, -0.2) is 51.2 Å². The van der Waals surface area contributed by atoms with Crippen LogP contribution >= 0.6 is 0 Å². The van der Waals surface area contributed by atoms with E-state index in [0.29, 0.717) is 40.4 Å². The lowest BCUT2D eigenvalue weighted by atomic mass is 9.97. The number of carbonyl (C=O) groups excluding carboxylic acids is 1. The molecule has 0 saturated heterocycles. The molecule has 0 aliphatic rings. The summed E-state index contributed by atoms with van der Waals surface area (Å²) in [5.74, 6) is 0.731. The first-order valence-corrected chi connectivity index (χ1v) is 12.7. The van der Waals surface area contributed by atoms with Gasteiger partial charge in [-0.15, -0.1) is 10.2 Å². The molecule has 200 valence electrons. The zero-order chi connectivity index (χ0) is 27.5. The maximum Gasteiger partial charge on any atom is 0.303 e. The van der Waals surface area contributed by atoms with E-state index in [9.17, 15) is 14.7 Å². The minimum atomic E-state index is -0.908. The Hall–Kier alpha value is -4.79. The number of nitrogens with zero attached hydrogens (tertiary/aromatic N) is 3. The first kappa shape index (κ1) is 27.3. The number of unbranched alkanes of at least 4 members (excludes halogenated alkanes) is 2. The van der Waals surface area contributed by atoms with Crippen LogP contribution in [0.1, 0.15) is 52.7 Å². The highest BCUT2D eigenvalue weighted by Crippen LogP contribution is 2.25. The third-order valence-corrected chi connectivity index (χ3v) is 6.11. The lowest BCUT2D eigenvalue weighted by Gasteiger charge is -2.13. The highest BCUT2D eigenvalue weighted by Gasteiger charge is 2.15. The number of ether oxygens (including phenoxy) is 2. The van der Waals surface area contributed by atoms with Gasteiger partial charge in [-0.1, -0.05) is 42.5 Å². The van der Waals surface area contributed by atoms with Gasteiger partial charge in [0.05, 0.1) is 13.7 Å². The quantitative estimate of drug-likeness (QED) is 0.165. The van der Waals surface area contributed by atoms with Crippen LogP contribution in [0.5, 0.6) is 11.5 Å². The highest BCUT2D eigenvalue weighted by atomic mass is 16.5. The fourth-order valence-corrected chi connectivity index (χ4v) is 4.03. The van der Waals surface area contributed by atoms with Crippen LogP contribution < -0.4 is 9.47 Å². The number of H-pyrrole nitrogens is 1. The van der Waals surface area contributed by atoms with E-state index >= 15 is 0 Å². The van der Waals surface area contributed by atoms with Crippen molar-refractivity contribution in [1.82, 2.24) is 20.6 Å². The Balaban J connectivity index is 1.35. The van der Waals surface area contributed by atoms with Gasteiger partial charge in [0.2, 0.25) is 5.82 Å². The molecule has 0 radical (unpaired) electrons. The average molecular weight is 527 g/mol. The number of aliphatic carboxylic acids is 1. The molecule has 39 heavy (non-hydrogen) atoms. The van der Waals surface area contributed by atoms with Gasteiger partial charge in [-0.2, -0.15) is 5.21 Å². The van der Waals surface area contributed by atoms with Gasteiger partial charge in [-0.25, -0.2) is 0 Å². The number of carbonyl (C=O) groups is 2. The first-order valence-electron chi connectivity index (χ1n) is 12.7. The maximum atomic E-state index is 13.2. The third-order valence-electron chi connectivity index (χ3n) is 6.11. The zero-order valence-electron chi connectivity index (χ0n) is 21.7. The molecule has 4 rings (SSSR count). The largest absolute Gasteiger partial charge is 0.497 e. The van der Waals surface area contributed by atoms with Crippen LogP contribution in [0.2, 0.25) is 0 Å². The number of allylic oxidation sites excluding steroid dienone is 1. The first-order chi connectivity index (χ1) is 19.0.